The van der Waals surface area contributed by atoms with Gasteiger partial charge in [0.25, 0.3) is 0 Å². The summed E-state index contributed by atoms with van der Waals surface area (Å²) in [6.07, 6.45) is 3.97. The van der Waals surface area contributed by atoms with Gasteiger partial charge in [-0.15, -0.1) is 0 Å². The first-order valence-corrected chi connectivity index (χ1v) is 3.92. The van der Waals surface area contributed by atoms with E-state index < -0.39 is 0 Å². The lowest BCUT2D eigenvalue weighted by Gasteiger charge is -2.28. The van der Waals surface area contributed by atoms with Crippen LogP contribution in [0, 0.1) is 5.41 Å². The highest BCUT2D eigenvalue weighted by Crippen LogP contribution is 2.27. The van der Waals surface area contributed by atoms with Gasteiger partial charge in [-0.1, -0.05) is 12.1 Å². The van der Waals surface area contributed by atoms with Gasteiger partial charge in [0.1, 0.15) is 7.11 Å². The van der Waals surface area contributed by atoms with Gasteiger partial charge in [-0.05, 0) is 12.8 Å². The lowest BCUT2D eigenvalue weighted by molar-refractivity contribution is 0.0526. The third kappa shape index (κ3) is 2.50. The molecule has 0 bridgehead atoms. The van der Waals surface area contributed by atoms with Crippen LogP contribution in [0.25, 0.3) is 0 Å². The normalized spacial score (nSPS) is 23.8. The summed E-state index contributed by atoms with van der Waals surface area (Å²) in [6, 6.07) is 0. The van der Waals surface area contributed by atoms with Crippen LogP contribution in [0.5, 0.6) is 0 Å². The Morgan fingerprint density at radius 1 is 1.45 bits per heavy atom. The van der Waals surface area contributed by atoms with Crippen LogP contribution < -0.4 is 0 Å². The largest absolute Gasteiger partial charge is 0.399 e. The Balaban J connectivity index is 2.43. The maximum absolute atomic E-state index is 5.24. The first-order chi connectivity index (χ1) is 5.27. The standard InChI is InChI=1S/C8H15NO2/c1-8(7-9-10-2)3-5-11-6-4-8/h7H,3-6H2,1-2H3/b9-7+. The number of rotatable bonds is 2. The summed E-state index contributed by atoms with van der Waals surface area (Å²) in [5.41, 5.74) is 0.189. The van der Waals surface area contributed by atoms with E-state index in [2.05, 4.69) is 16.9 Å². The second-order valence-electron chi connectivity index (χ2n) is 3.18. The Hall–Kier alpha value is -0.570. The molecule has 3 heteroatoms. The molecule has 0 radical (unpaired) electrons. The molecular formula is C8H15NO2. The monoisotopic (exact) mass is 157 g/mol. The second kappa shape index (κ2) is 3.72. The van der Waals surface area contributed by atoms with Gasteiger partial charge in [0.05, 0.1) is 0 Å². The first-order valence-electron chi connectivity index (χ1n) is 3.92. The SMILES string of the molecule is CO/N=C/C1(C)CCOCC1. The molecule has 1 rings (SSSR count). The second-order valence-corrected chi connectivity index (χ2v) is 3.18. The summed E-state index contributed by atoms with van der Waals surface area (Å²) in [5.74, 6) is 0. The van der Waals surface area contributed by atoms with Gasteiger partial charge < -0.3 is 9.57 Å². The van der Waals surface area contributed by atoms with Gasteiger partial charge >= 0.3 is 0 Å². The van der Waals surface area contributed by atoms with Gasteiger partial charge in [-0.2, -0.15) is 0 Å². The molecule has 3 nitrogen and oxygen atoms in total. The molecule has 0 aromatic rings. The molecule has 0 amide bonds. The molecule has 1 aliphatic rings. The highest BCUT2D eigenvalue weighted by atomic mass is 16.6. The zero-order chi connectivity index (χ0) is 8.16. The van der Waals surface area contributed by atoms with E-state index in [4.69, 9.17) is 4.74 Å². The maximum Gasteiger partial charge on any atom is 0.106 e. The van der Waals surface area contributed by atoms with Crippen LogP contribution in [0.15, 0.2) is 5.16 Å². The van der Waals surface area contributed by atoms with Crippen molar-refractivity contribution < 1.29 is 9.57 Å². The summed E-state index contributed by atoms with van der Waals surface area (Å²) in [5, 5.41) is 3.79. The fourth-order valence-corrected chi connectivity index (χ4v) is 1.15. The van der Waals surface area contributed by atoms with Crippen molar-refractivity contribution in [3.63, 3.8) is 0 Å². The minimum Gasteiger partial charge on any atom is -0.399 e. The molecule has 1 aliphatic heterocycles. The highest BCUT2D eigenvalue weighted by molar-refractivity contribution is 5.64. The van der Waals surface area contributed by atoms with Crippen molar-refractivity contribution in [3.05, 3.63) is 0 Å². The summed E-state index contributed by atoms with van der Waals surface area (Å²) in [7, 11) is 1.57. The fourth-order valence-electron chi connectivity index (χ4n) is 1.15. The number of hydrogen-bond donors (Lipinski definition) is 0. The van der Waals surface area contributed by atoms with Crippen LogP contribution in [0.4, 0.5) is 0 Å². The number of ether oxygens (including phenoxy) is 1. The molecular weight excluding hydrogens is 142 g/mol. The van der Waals surface area contributed by atoms with Crippen molar-refractivity contribution in [1.29, 1.82) is 0 Å². The van der Waals surface area contributed by atoms with Gasteiger partial charge in [0, 0.05) is 24.8 Å². The van der Waals surface area contributed by atoms with Crippen molar-refractivity contribution in [3.8, 4) is 0 Å². The molecule has 0 aromatic carbocycles. The summed E-state index contributed by atoms with van der Waals surface area (Å²) in [6.45, 7) is 3.86. The van der Waals surface area contributed by atoms with E-state index in [0.29, 0.717) is 0 Å². The van der Waals surface area contributed by atoms with Gasteiger partial charge in [0.2, 0.25) is 0 Å². The molecule has 1 fully saturated rings. The van der Waals surface area contributed by atoms with Crippen LogP contribution in [-0.4, -0.2) is 26.5 Å². The zero-order valence-electron chi connectivity index (χ0n) is 7.17. The number of nitrogens with zero attached hydrogens (tertiary/aromatic N) is 1. The van der Waals surface area contributed by atoms with Crippen LogP contribution in [-0.2, 0) is 9.57 Å². The van der Waals surface area contributed by atoms with Gasteiger partial charge in [0.15, 0.2) is 0 Å². The van der Waals surface area contributed by atoms with Gasteiger partial charge in [-0.25, -0.2) is 0 Å². The third-order valence-corrected chi connectivity index (χ3v) is 2.10. The Bertz CT molecular complexity index is 139. The minimum absolute atomic E-state index is 0.189. The summed E-state index contributed by atoms with van der Waals surface area (Å²) < 4.78 is 5.24. The van der Waals surface area contributed by atoms with Crippen molar-refractivity contribution in [2.45, 2.75) is 19.8 Å². The average Bonchev–Trinajstić information content (AvgIpc) is 2.03. The lowest BCUT2D eigenvalue weighted by Crippen LogP contribution is -2.27. The highest BCUT2D eigenvalue weighted by Gasteiger charge is 2.25. The van der Waals surface area contributed by atoms with Gasteiger partial charge in [-0.3, -0.25) is 0 Å². The summed E-state index contributed by atoms with van der Waals surface area (Å²) >= 11 is 0. The Labute approximate surface area is 67.4 Å². The van der Waals surface area contributed by atoms with Crippen molar-refractivity contribution in [2.75, 3.05) is 20.3 Å². The maximum atomic E-state index is 5.24. The Morgan fingerprint density at radius 2 is 2.09 bits per heavy atom. The van der Waals surface area contributed by atoms with E-state index in [1.165, 1.54) is 0 Å². The Morgan fingerprint density at radius 3 is 2.64 bits per heavy atom. The van der Waals surface area contributed by atoms with Crippen LogP contribution in [0.3, 0.4) is 0 Å². The first kappa shape index (κ1) is 8.53. The molecule has 0 saturated carbocycles. The topological polar surface area (TPSA) is 30.8 Å². The van der Waals surface area contributed by atoms with E-state index >= 15 is 0 Å². The molecule has 0 atom stereocenters. The number of oxime groups is 1. The predicted molar refractivity (Wildman–Crippen MR) is 43.7 cm³/mol. The quantitative estimate of drug-likeness (QED) is 0.448. The molecule has 0 aliphatic carbocycles. The van der Waals surface area contributed by atoms with Crippen molar-refractivity contribution >= 4 is 6.21 Å². The Kier molecular flexibility index (Phi) is 2.88. The number of hydrogen-bond acceptors (Lipinski definition) is 3. The molecule has 0 N–H and O–H groups in total. The molecule has 0 aromatic heterocycles. The molecule has 11 heavy (non-hydrogen) atoms. The van der Waals surface area contributed by atoms with Crippen molar-refractivity contribution in [2.24, 2.45) is 10.6 Å². The molecule has 64 valence electrons. The zero-order valence-corrected chi connectivity index (χ0v) is 7.17. The molecule has 0 unspecified atom stereocenters. The van der Waals surface area contributed by atoms with Crippen LogP contribution in [0.2, 0.25) is 0 Å². The van der Waals surface area contributed by atoms with Crippen molar-refractivity contribution in [1.82, 2.24) is 0 Å². The van der Waals surface area contributed by atoms with E-state index in [-0.39, 0.29) is 5.41 Å². The fraction of sp³-hybridized carbons (Fsp3) is 0.875. The predicted octanol–water partition coefficient (Wildman–Crippen LogP) is 1.44. The molecule has 0 spiro atoms. The molecule has 1 saturated heterocycles. The van der Waals surface area contributed by atoms with Crippen LogP contribution >= 0.6 is 0 Å². The summed E-state index contributed by atoms with van der Waals surface area (Å²) in [4.78, 5) is 4.64. The van der Waals surface area contributed by atoms with E-state index in [0.717, 1.165) is 26.1 Å². The lowest BCUT2D eigenvalue weighted by atomic mass is 9.84. The van der Waals surface area contributed by atoms with E-state index in [1.807, 2.05) is 6.21 Å². The van der Waals surface area contributed by atoms with E-state index in [9.17, 15) is 0 Å². The smallest absolute Gasteiger partial charge is 0.106 e. The molecule has 1 heterocycles. The van der Waals surface area contributed by atoms with Crippen LogP contribution in [0.1, 0.15) is 19.8 Å². The average molecular weight is 157 g/mol. The minimum atomic E-state index is 0.189. The van der Waals surface area contributed by atoms with E-state index in [1.54, 1.807) is 7.11 Å². The third-order valence-electron chi connectivity index (χ3n) is 2.10.